The van der Waals surface area contributed by atoms with Crippen LogP contribution in [-0.4, -0.2) is 18.9 Å². The first-order valence-electron chi connectivity index (χ1n) is 4.60. The molecule has 1 aliphatic carbocycles. The van der Waals surface area contributed by atoms with Crippen LogP contribution in [0.1, 0.15) is 12.8 Å². The van der Waals surface area contributed by atoms with Crippen LogP contribution in [0.3, 0.4) is 0 Å². The van der Waals surface area contributed by atoms with Gasteiger partial charge in [-0.3, -0.25) is 4.79 Å². The molecule has 1 N–H and O–H groups in total. The Morgan fingerprint density at radius 1 is 1.57 bits per heavy atom. The van der Waals surface area contributed by atoms with Crippen LogP contribution in [0, 0.1) is 28.6 Å². The second-order valence-electron chi connectivity index (χ2n) is 3.91. The van der Waals surface area contributed by atoms with Gasteiger partial charge in [0.15, 0.2) is 0 Å². The van der Waals surface area contributed by atoms with Crippen molar-refractivity contribution in [3.63, 3.8) is 0 Å². The van der Waals surface area contributed by atoms with E-state index in [1.165, 1.54) is 0 Å². The van der Waals surface area contributed by atoms with Crippen molar-refractivity contribution in [2.24, 2.45) is 17.3 Å². The van der Waals surface area contributed by atoms with Crippen molar-refractivity contribution < 1.29 is 13.6 Å². The third-order valence-corrected chi connectivity index (χ3v) is 3.15. The van der Waals surface area contributed by atoms with E-state index in [4.69, 9.17) is 5.26 Å². The van der Waals surface area contributed by atoms with Gasteiger partial charge in [-0.05, 0) is 18.8 Å². The molecule has 1 saturated heterocycles. The van der Waals surface area contributed by atoms with Gasteiger partial charge in [-0.25, -0.2) is 8.78 Å². The van der Waals surface area contributed by atoms with E-state index in [1.807, 2.05) is 6.07 Å². The fourth-order valence-corrected chi connectivity index (χ4v) is 2.22. The Morgan fingerprint density at radius 3 is 2.64 bits per heavy atom. The van der Waals surface area contributed by atoms with Gasteiger partial charge in [-0.15, -0.1) is 0 Å². The Kier molecular flexibility index (Phi) is 1.95. The quantitative estimate of drug-likeness (QED) is 0.720. The molecule has 1 heterocycles. The van der Waals surface area contributed by atoms with E-state index in [0.717, 1.165) is 0 Å². The standard InChI is InChI=1S/C9H10F2N2O/c10-7(11)6-3-13-8(14)9(6,4-12)5-1-2-5/h5-7H,1-3H2,(H,13,14). The predicted octanol–water partition coefficient (Wildman–Crippen LogP) is 0.917. The molecule has 1 amide bonds. The van der Waals surface area contributed by atoms with Crippen molar-refractivity contribution in [1.82, 2.24) is 5.32 Å². The van der Waals surface area contributed by atoms with Crippen molar-refractivity contribution in [3.8, 4) is 6.07 Å². The Morgan fingerprint density at radius 2 is 2.21 bits per heavy atom. The molecule has 1 saturated carbocycles. The molecule has 14 heavy (non-hydrogen) atoms. The molecular weight excluding hydrogens is 190 g/mol. The van der Waals surface area contributed by atoms with E-state index < -0.39 is 23.7 Å². The van der Waals surface area contributed by atoms with Crippen molar-refractivity contribution in [1.29, 1.82) is 5.26 Å². The fourth-order valence-electron chi connectivity index (χ4n) is 2.22. The smallest absolute Gasteiger partial charge is 0.245 e. The average molecular weight is 200 g/mol. The summed E-state index contributed by atoms with van der Waals surface area (Å²) >= 11 is 0. The zero-order valence-corrected chi connectivity index (χ0v) is 7.46. The van der Waals surface area contributed by atoms with Crippen LogP contribution in [0.4, 0.5) is 8.78 Å². The van der Waals surface area contributed by atoms with Crippen LogP contribution in [0.25, 0.3) is 0 Å². The highest BCUT2D eigenvalue weighted by Gasteiger charge is 2.62. The fraction of sp³-hybridized carbons (Fsp3) is 0.778. The summed E-state index contributed by atoms with van der Waals surface area (Å²) in [5.41, 5.74) is -1.45. The molecule has 2 rings (SSSR count). The summed E-state index contributed by atoms with van der Waals surface area (Å²) in [5, 5.41) is 11.3. The maximum absolute atomic E-state index is 12.6. The Hall–Kier alpha value is -1.18. The van der Waals surface area contributed by atoms with Gasteiger partial charge in [0.2, 0.25) is 12.3 Å². The van der Waals surface area contributed by atoms with Crippen molar-refractivity contribution in [2.45, 2.75) is 19.3 Å². The highest BCUT2D eigenvalue weighted by molar-refractivity contribution is 5.89. The number of rotatable bonds is 2. The Bertz CT molecular complexity index is 308. The normalized spacial score (nSPS) is 37.0. The maximum Gasteiger partial charge on any atom is 0.245 e. The summed E-state index contributed by atoms with van der Waals surface area (Å²) in [4.78, 5) is 11.5. The highest BCUT2D eigenvalue weighted by Crippen LogP contribution is 2.53. The third-order valence-electron chi connectivity index (χ3n) is 3.15. The largest absolute Gasteiger partial charge is 0.354 e. The molecule has 2 atom stereocenters. The first kappa shape index (κ1) is 9.38. The molecule has 2 fully saturated rings. The third kappa shape index (κ3) is 1.03. The second-order valence-corrected chi connectivity index (χ2v) is 3.91. The average Bonchev–Trinajstić information content (AvgIpc) is 2.91. The number of amides is 1. The minimum absolute atomic E-state index is 0.0689. The summed E-state index contributed by atoms with van der Waals surface area (Å²) in [6.45, 7) is -0.0689. The predicted molar refractivity (Wildman–Crippen MR) is 43.3 cm³/mol. The van der Waals surface area contributed by atoms with Gasteiger partial charge in [-0.1, -0.05) is 0 Å². The summed E-state index contributed by atoms with van der Waals surface area (Å²) in [7, 11) is 0. The van der Waals surface area contributed by atoms with Gasteiger partial charge in [0.1, 0.15) is 5.41 Å². The molecule has 76 valence electrons. The van der Waals surface area contributed by atoms with E-state index in [9.17, 15) is 13.6 Å². The minimum atomic E-state index is -2.60. The zero-order chi connectivity index (χ0) is 10.3. The molecule has 2 unspecified atom stereocenters. The number of carbonyl (C=O) groups is 1. The summed E-state index contributed by atoms with van der Waals surface area (Å²) in [5.74, 6) is -1.80. The molecule has 0 aromatic carbocycles. The zero-order valence-electron chi connectivity index (χ0n) is 7.46. The lowest BCUT2D eigenvalue weighted by molar-refractivity contribution is -0.128. The molecule has 5 heteroatoms. The van der Waals surface area contributed by atoms with Crippen molar-refractivity contribution >= 4 is 5.91 Å². The number of nitriles is 1. The second kappa shape index (κ2) is 2.91. The van der Waals surface area contributed by atoms with Crippen LogP contribution in [0.15, 0.2) is 0 Å². The van der Waals surface area contributed by atoms with E-state index in [0.29, 0.717) is 12.8 Å². The molecule has 0 aromatic rings. The van der Waals surface area contributed by atoms with Gasteiger partial charge in [0.25, 0.3) is 0 Å². The molecule has 1 aliphatic heterocycles. The van der Waals surface area contributed by atoms with Crippen LogP contribution in [0.2, 0.25) is 0 Å². The summed E-state index contributed by atoms with van der Waals surface area (Å²) < 4.78 is 25.3. The lowest BCUT2D eigenvalue weighted by Gasteiger charge is -2.24. The number of carbonyl (C=O) groups excluding carboxylic acids is 1. The number of halogens is 2. The molecular formula is C9H10F2N2O. The molecule has 3 nitrogen and oxygen atoms in total. The number of alkyl halides is 2. The lowest BCUT2D eigenvalue weighted by Crippen LogP contribution is -2.38. The minimum Gasteiger partial charge on any atom is -0.354 e. The first-order chi connectivity index (χ1) is 6.63. The Labute approximate surface area is 80.1 Å². The van der Waals surface area contributed by atoms with Gasteiger partial charge >= 0.3 is 0 Å². The van der Waals surface area contributed by atoms with Crippen LogP contribution < -0.4 is 5.32 Å². The summed E-state index contributed by atoms with van der Waals surface area (Å²) in [6, 6.07) is 1.83. The monoisotopic (exact) mass is 200 g/mol. The number of nitrogens with one attached hydrogen (secondary N) is 1. The Balaban J connectivity index is 2.35. The van der Waals surface area contributed by atoms with Gasteiger partial charge in [0.05, 0.1) is 12.0 Å². The topological polar surface area (TPSA) is 52.9 Å². The van der Waals surface area contributed by atoms with E-state index in [1.54, 1.807) is 0 Å². The molecule has 0 spiro atoms. The SMILES string of the molecule is N#CC1(C2CC2)C(=O)NCC1C(F)F. The maximum atomic E-state index is 12.6. The number of hydrogen-bond acceptors (Lipinski definition) is 2. The van der Waals surface area contributed by atoms with Crippen molar-refractivity contribution in [3.05, 3.63) is 0 Å². The van der Waals surface area contributed by atoms with E-state index in [2.05, 4.69) is 5.32 Å². The van der Waals surface area contributed by atoms with Crippen LogP contribution in [-0.2, 0) is 4.79 Å². The molecule has 0 bridgehead atoms. The molecule has 2 aliphatic rings. The van der Waals surface area contributed by atoms with E-state index >= 15 is 0 Å². The van der Waals surface area contributed by atoms with Gasteiger partial charge < -0.3 is 5.32 Å². The van der Waals surface area contributed by atoms with Crippen LogP contribution >= 0.6 is 0 Å². The van der Waals surface area contributed by atoms with Crippen LogP contribution in [0.5, 0.6) is 0 Å². The number of nitrogens with zero attached hydrogens (tertiary/aromatic N) is 1. The van der Waals surface area contributed by atoms with Crippen molar-refractivity contribution in [2.75, 3.05) is 6.54 Å². The number of hydrogen-bond donors (Lipinski definition) is 1. The van der Waals surface area contributed by atoms with Gasteiger partial charge in [0, 0.05) is 6.54 Å². The lowest BCUT2D eigenvalue weighted by atomic mass is 9.74. The summed E-state index contributed by atoms with van der Waals surface area (Å²) in [6.07, 6.45) is -1.18. The van der Waals surface area contributed by atoms with Gasteiger partial charge in [-0.2, -0.15) is 5.26 Å². The molecule has 0 aromatic heterocycles. The van der Waals surface area contributed by atoms with E-state index in [-0.39, 0.29) is 12.5 Å². The molecule has 0 radical (unpaired) electrons. The highest BCUT2D eigenvalue weighted by atomic mass is 19.3. The first-order valence-corrected chi connectivity index (χ1v) is 4.60.